The number of benzene rings is 1. The van der Waals surface area contributed by atoms with Gasteiger partial charge in [0.05, 0.1) is 11.6 Å². The van der Waals surface area contributed by atoms with Crippen LogP contribution in [0.3, 0.4) is 0 Å². The fraction of sp³-hybridized carbons (Fsp3) is 0.333. The topological polar surface area (TPSA) is 54.0 Å². The fourth-order valence-corrected chi connectivity index (χ4v) is 2.48. The normalized spacial score (nSPS) is 12.2. The zero-order valence-corrected chi connectivity index (χ0v) is 12.7. The molecule has 0 saturated heterocycles. The Morgan fingerprint density at radius 1 is 1.30 bits per heavy atom. The van der Waals surface area contributed by atoms with Crippen LogP contribution in [0.4, 0.5) is 5.69 Å². The van der Waals surface area contributed by atoms with Gasteiger partial charge in [0.1, 0.15) is 0 Å². The number of thiazole rings is 1. The molecule has 0 spiro atoms. The molecular formula is C15H19N3OS. The first-order valence-electron chi connectivity index (χ1n) is 6.62. The van der Waals surface area contributed by atoms with Gasteiger partial charge < -0.3 is 10.6 Å². The van der Waals surface area contributed by atoms with Gasteiger partial charge in [-0.2, -0.15) is 0 Å². The van der Waals surface area contributed by atoms with E-state index >= 15 is 0 Å². The predicted molar refractivity (Wildman–Crippen MR) is 83.2 cm³/mol. The number of amides is 1. The van der Waals surface area contributed by atoms with Crippen LogP contribution in [0.15, 0.2) is 36.0 Å². The minimum absolute atomic E-state index is 0.0471. The van der Waals surface area contributed by atoms with Gasteiger partial charge in [0, 0.05) is 28.4 Å². The highest BCUT2D eigenvalue weighted by Gasteiger charge is 2.10. The van der Waals surface area contributed by atoms with Crippen LogP contribution in [0.5, 0.6) is 0 Å². The molecule has 1 aromatic carbocycles. The van der Waals surface area contributed by atoms with Crippen molar-refractivity contribution in [1.29, 1.82) is 0 Å². The molecule has 2 N–H and O–H groups in total. The van der Waals surface area contributed by atoms with Crippen LogP contribution < -0.4 is 10.6 Å². The second kappa shape index (κ2) is 6.52. The summed E-state index contributed by atoms with van der Waals surface area (Å²) in [4.78, 5) is 17.2. The second-order valence-electron chi connectivity index (χ2n) is 4.98. The van der Waals surface area contributed by atoms with Crippen LogP contribution in [0.1, 0.15) is 42.0 Å². The zero-order chi connectivity index (χ0) is 14.5. The lowest BCUT2D eigenvalue weighted by atomic mass is 10.1. The molecule has 20 heavy (non-hydrogen) atoms. The molecule has 4 nitrogen and oxygen atoms in total. The monoisotopic (exact) mass is 289 g/mol. The molecule has 0 aliphatic rings. The molecule has 0 fully saturated rings. The van der Waals surface area contributed by atoms with Gasteiger partial charge in [0.25, 0.3) is 5.91 Å². The van der Waals surface area contributed by atoms with Crippen molar-refractivity contribution in [3.8, 4) is 0 Å². The fourth-order valence-electron chi connectivity index (χ4n) is 1.86. The van der Waals surface area contributed by atoms with Crippen molar-refractivity contribution < 1.29 is 4.79 Å². The Morgan fingerprint density at radius 2 is 2.10 bits per heavy atom. The van der Waals surface area contributed by atoms with Crippen molar-refractivity contribution in [1.82, 2.24) is 10.3 Å². The summed E-state index contributed by atoms with van der Waals surface area (Å²) in [7, 11) is 0. The van der Waals surface area contributed by atoms with Gasteiger partial charge in [-0.1, -0.05) is 6.07 Å². The van der Waals surface area contributed by atoms with Crippen molar-refractivity contribution in [3.05, 3.63) is 46.4 Å². The van der Waals surface area contributed by atoms with Crippen LogP contribution in [-0.4, -0.2) is 16.9 Å². The second-order valence-corrected chi connectivity index (χ2v) is 5.90. The summed E-state index contributed by atoms with van der Waals surface area (Å²) >= 11 is 1.62. The standard InChI is InChI=1S/C15H19N3OS/c1-10(2)17-15(19)12-5-4-6-13(7-12)18-11(3)14-8-16-9-20-14/h4-11,18H,1-3H3,(H,17,19). The summed E-state index contributed by atoms with van der Waals surface area (Å²) in [5, 5.41) is 6.28. The Balaban J connectivity index is 2.08. The minimum Gasteiger partial charge on any atom is -0.378 e. The molecule has 0 aliphatic heterocycles. The van der Waals surface area contributed by atoms with E-state index in [2.05, 4.69) is 22.5 Å². The van der Waals surface area contributed by atoms with E-state index in [0.717, 1.165) is 5.69 Å². The van der Waals surface area contributed by atoms with Gasteiger partial charge in [-0.25, -0.2) is 0 Å². The van der Waals surface area contributed by atoms with Crippen molar-refractivity contribution in [2.45, 2.75) is 32.9 Å². The minimum atomic E-state index is -0.0471. The van der Waals surface area contributed by atoms with Gasteiger partial charge in [-0.15, -0.1) is 11.3 Å². The van der Waals surface area contributed by atoms with Crippen LogP contribution >= 0.6 is 11.3 Å². The first-order chi connectivity index (χ1) is 9.56. The average molecular weight is 289 g/mol. The third-order valence-electron chi connectivity index (χ3n) is 2.81. The Kier molecular flexibility index (Phi) is 4.74. The number of carbonyl (C=O) groups excluding carboxylic acids is 1. The van der Waals surface area contributed by atoms with E-state index in [0.29, 0.717) is 5.56 Å². The molecule has 2 aromatic rings. The highest BCUT2D eigenvalue weighted by Crippen LogP contribution is 2.22. The molecule has 0 saturated carbocycles. The SMILES string of the molecule is CC(C)NC(=O)c1cccc(NC(C)c2cncs2)c1. The third-order valence-corrected chi connectivity index (χ3v) is 3.76. The van der Waals surface area contributed by atoms with E-state index in [1.165, 1.54) is 4.88 Å². The maximum atomic E-state index is 12.0. The molecule has 0 bridgehead atoms. The Labute approximate surface area is 123 Å². The van der Waals surface area contributed by atoms with Crippen molar-refractivity contribution in [3.63, 3.8) is 0 Å². The van der Waals surface area contributed by atoms with Crippen LogP contribution in [0.2, 0.25) is 0 Å². The van der Waals surface area contributed by atoms with E-state index in [9.17, 15) is 4.79 Å². The predicted octanol–water partition coefficient (Wildman–Crippen LogP) is 3.45. The summed E-state index contributed by atoms with van der Waals surface area (Å²) < 4.78 is 0. The molecule has 106 valence electrons. The molecular weight excluding hydrogens is 270 g/mol. The van der Waals surface area contributed by atoms with E-state index in [-0.39, 0.29) is 18.0 Å². The smallest absolute Gasteiger partial charge is 0.251 e. The summed E-state index contributed by atoms with van der Waals surface area (Å²) in [5.41, 5.74) is 3.42. The number of aromatic nitrogens is 1. The zero-order valence-electron chi connectivity index (χ0n) is 11.9. The maximum Gasteiger partial charge on any atom is 0.251 e. The van der Waals surface area contributed by atoms with Gasteiger partial charge in [-0.3, -0.25) is 9.78 Å². The molecule has 1 aromatic heterocycles. The van der Waals surface area contributed by atoms with Crippen molar-refractivity contribution in [2.24, 2.45) is 0 Å². The largest absolute Gasteiger partial charge is 0.378 e. The van der Waals surface area contributed by atoms with Crippen LogP contribution in [0, 0.1) is 0 Å². The van der Waals surface area contributed by atoms with E-state index in [1.54, 1.807) is 11.3 Å². The molecule has 1 amide bonds. The van der Waals surface area contributed by atoms with E-state index < -0.39 is 0 Å². The summed E-state index contributed by atoms with van der Waals surface area (Å²) in [6, 6.07) is 7.84. The lowest BCUT2D eigenvalue weighted by Gasteiger charge is -2.14. The third kappa shape index (κ3) is 3.81. The molecule has 1 atom stereocenters. The number of hydrogen-bond acceptors (Lipinski definition) is 4. The van der Waals surface area contributed by atoms with Gasteiger partial charge in [-0.05, 0) is 39.0 Å². The van der Waals surface area contributed by atoms with Crippen molar-refractivity contribution in [2.75, 3.05) is 5.32 Å². The van der Waals surface area contributed by atoms with Gasteiger partial charge in [0.15, 0.2) is 0 Å². The lowest BCUT2D eigenvalue weighted by Crippen LogP contribution is -2.30. The number of nitrogens with zero attached hydrogens (tertiary/aromatic N) is 1. The molecule has 2 rings (SSSR count). The highest BCUT2D eigenvalue weighted by atomic mass is 32.1. The summed E-state index contributed by atoms with van der Waals surface area (Å²) in [6.07, 6.45) is 1.86. The average Bonchev–Trinajstić information content (AvgIpc) is 2.92. The number of anilines is 1. The number of hydrogen-bond donors (Lipinski definition) is 2. The number of carbonyl (C=O) groups is 1. The molecule has 1 heterocycles. The quantitative estimate of drug-likeness (QED) is 0.886. The molecule has 5 heteroatoms. The number of rotatable bonds is 5. The maximum absolute atomic E-state index is 12.0. The Hall–Kier alpha value is -1.88. The summed E-state index contributed by atoms with van der Waals surface area (Å²) in [5.74, 6) is -0.0471. The summed E-state index contributed by atoms with van der Waals surface area (Å²) in [6.45, 7) is 5.98. The molecule has 0 radical (unpaired) electrons. The first kappa shape index (κ1) is 14.5. The highest BCUT2D eigenvalue weighted by molar-refractivity contribution is 7.09. The van der Waals surface area contributed by atoms with Crippen LogP contribution in [-0.2, 0) is 0 Å². The Morgan fingerprint density at radius 3 is 2.75 bits per heavy atom. The van der Waals surface area contributed by atoms with Gasteiger partial charge in [0.2, 0.25) is 0 Å². The molecule has 0 aliphatic carbocycles. The first-order valence-corrected chi connectivity index (χ1v) is 7.50. The van der Waals surface area contributed by atoms with Crippen molar-refractivity contribution >= 4 is 22.9 Å². The van der Waals surface area contributed by atoms with Gasteiger partial charge >= 0.3 is 0 Å². The lowest BCUT2D eigenvalue weighted by molar-refractivity contribution is 0.0943. The van der Waals surface area contributed by atoms with Crippen LogP contribution in [0.25, 0.3) is 0 Å². The Bertz CT molecular complexity index is 566. The van der Waals surface area contributed by atoms with E-state index in [1.807, 2.05) is 49.8 Å². The molecule has 1 unspecified atom stereocenters. The number of nitrogens with one attached hydrogen (secondary N) is 2. The van der Waals surface area contributed by atoms with E-state index in [4.69, 9.17) is 0 Å².